The van der Waals surface area contributed by atoms with E-state index < -0.39 is 17.9 Å². The number of benzene rings is 1. The van der Waals surface area contributed by atoms with Crippen LogP contribution in [0.25, 0.3) is 0 Å². The minimum absolute atomic E-state index is 0.0840. The SMILES string of the molecule is CCOCOCC(CC(Cc1cccnc1)C(=O)NO)NC(=O)c1ccc(Br)cc1. The molecule has 2 aromatic rings. The van der Waals surface area contributed by atoms with Gasteiger partial charge >= 0.3 is 0 Å². The number of nitrogens with zero attached hydrogens (tertiary/aromatic N) is 1. The van der Waals surface area contributed by atoms with Gasteiger partial charge in [0.05, 0.1) is 12.6 Å². The summed E-state index contributed by atoms with van der Waals surface area (Å²) in [7, 11) is 0. The van der Waals surface area contributed by atoms with E-state index in [9.17, 15) is 9.59 Å². The summed E-state index contributed by atoms with van der Waals surface area (Å²) in [5.41, 5.74) is 3.05. The van der Waals surface area contributed by atoms with Crippen LogP contribution in [0.5, 0.6) is 0 Å². The molecule has 0 aliphatic carbocycles. The monoisotopic (exact) mass is 479 g/mol. The zero-order chi connectivity index (χ0) is 21.8. The first kappa shape index (κ1) is 23.9. The molecule has 162 valence electrons. The third kappa shape index (κ3) is 8.19. The largest absolute Gasteiger partial charge is 0.356 e. The molecule has 0 saturated carbocycles. The molecular formula is C21H26BrN3O5. The number of halogens is 1. The molecule has 1 aromatic heterocycles. The summed E-state index contributed by atoms with van der Waals surface area (Å²) >= 11 is 3.34. The Balaban J connectivity index is 2.10. The smallest absolute Gasteiger partial charge is 0.251 e. The number of carbonyl (C=O) groups excluding carboxylic acids is 2. The molecule has 0 aliphatic rings. The van der Waals surface area contributed by atoms with E-state index in [1.165, 1.54) is 0 Å². The highest BCUT2D eigenvalue weighted by atomic mass is 79.9. The zero-order valence-electron chi connectivity index (χ0n) is 16.7. The lowest BCUT2D eigenvalue weighted by Gasteiger charge is -2.23. The Bertz CT molecular complexity index is 789. The Labute approximate surface area is 184 Å². The first-order valence-electron chi connectivity index (χ1n) is 9.58. The maximum atomic E-state index is 12.7. The highest BCUT2D eigenvalue weighted by molar-refractivity contribution is 9.10. The van der Waals surface area contributed by atoms with Crippen molar-refractivity contribution in [3.8, 4) is 0 Å². The first-order valence-corrected chi connectivity index (χ1v) is 10.4. The fraction of sp³-hybridized carbons (Fsp3) is 0.381. The van der Waals surface area contributed by atoms with Gasteiger partial charge in [-0.2, -0.15) is 0 Å². The zero-order valence-corrected chi connectivity index (χ0v) is 18.3. The molecule has 0 radical (unpaired) electrons. The molecular weight excluding hydrogens is 454 g/mol. The molecule has 2 amide bonds. The standard InChI is InChI=1S/C21H26BrN3O5/c1-2-29-14-30-13-19(24-20(26)16-5-7-18(22)8-6-16)11-17(21(27)25-28)10-15-4-3-9-23-12-15/h3-9,12,17,19,28H,2,10-11,13-14H2,1H3,(H,24,26)(H,25,27). The third-order valence-electron chi connectivity index (χ3n) is 4.39. The van der Waals surface area contributed by atoms with Crippen LogP contribution in [-0.2, 0) is 20.7 Å². The van der Waals surface area contributed by atoms with Crippen LogP contribution in [-0.4, -0.2) is 48.1 Å². The van der Waals surface area contributed by atoms with E-state index in [4.69, 9.17) is 14.7 Å². The molecule has 2 unspecified atom stereocenters. The van der Waals surface area contributed by atoms with E-state index in [1.807, 2.05) is 13.0 Å². The van der Waals surface area contributed by atoms with E-state index in [-0.39, 0.29) is 25.7 Å². The van der Waals surface area contributed by atoms with Gasteiger partial charge in [-0.25, -0.2) is 5.48 Å². The van der Waals surface area contributed by atoms with Gasteiger partial charge < -0.3 is 14.8 Å². The second-order valence-electron chi connectivity index (χ2n) is 6.63. The van der Waals surface area contributed by atoms with Gasteiger partial charge in [-0.15, -0.1) is 0 Å². The van der Waals surface area contributed by atoms with Gasteiger partial charge in [-0.3, -0.25) is 19.8 Å². The number of hydroxylamine groups is 1. The molecule has 30 heavy (non-hydrogen) atoms. The van der Waals surface area contributed by atoms with Crippen LogP contribution in [0.3, 0.4) is 0 Å². The third-order valence-corrected chi connectivity index (χ3v) is 4.92. The molecule has 9 heteroatoms. The van der Waals surface area contributed by atoms with Gasteiger partial charge in [0.2, 0.25) is 5.91 Å². The minimum atomic E-state index is -0.592. The number of carbonyl (C=O) groups is 2. The number of amides is 2. The van der Waals surface area contributed by atoms with Crippen LogP contribution in [0.2, 0.25) is 0 Å². The predicted molar refractivity (Wildman–Crippen MR) is 114 cm³/mol. The fourth-order valence-corrected chi connectivity index (χ4v) is 3.16. The average molecular weight is 480 g/mol. The summed E-state index contributed by atoms with van der Waals surface area (Å²) in [5, 5.41) is 12.1. The summed E-state index contributed by atoms with van der Waals surface area (Å²) in [4.78, 5) is 29.0. The van der Waals surface area contributed by atoms with Crippen LogP contribution in [0.15, 0.2) is 53.3 Å². The lowest BCUT2D eigenvalue weighted by molar-refractivity contribution is -0.134. The fourth-order valence-electron chi connectivity index (χ4n) is 2.89. The molecule has 0 saturated heterocycles. The molecule has 0 spiro atoms. The molecule has 0 fully saturated rings. The Kier molecular flexibility index (Phi) is 10.4. The number of rotatable bonds is 12. The number of ether oxygens (including phenoxy) is 2. The average Bonchev–Trinajstić information content (AvgIpc) is 2.76. The summed E-state index contributed by atoms with van der Waals surface area (Å²) < 4.78 is 11.6. The molecule has 1 aromatic carbocycles. The van der Waals surface area contributed by atoms with Gasteiger partial charge in [0.1, 0.15) is 6.79 Å². The molecule has 8 nitrogen and oxygen atoms in total. The Morgan fingerprint density at radius 2 is 1.97 bits per heavy atom. The summed E-state index contributed by atoms with van der Waals surface area (Å²) in [6, 6.07) is 10.1. The Hall–Kier alpha value is -2.33. The second kappa shape index (κ2) is 13.1. The number of hydrogen-bond donors (Lipinski definition) is 3. The maximum absolute atomic E-state index is 12.7. The number of hydrogen-bond acceptors (Lipinski definition) is 6. The van der Waals surface area contributed by atoms with Crippen molar-refractivity contribution in [3.63, 3.8) is 0 Å². The van der Waals surface area contributed by atoms with Crippen molar-refractivity contribution in [3.05, 3.63) is 64.4 Å². The highest BCUT2D eigenvalue weighted by Gasteiger charge is 2.25. The topological polar surface area (TPSA) is 110 Å². The van der Waals surface area contributed by atoms with E-state index in [0.717, 1.165) is 10.0 Å². The van der Waals surface area contributed by atoms with E-state index >= 15 is 0 Å². The highest BCUT2D eigenvalue weighted by Crippen LogP contribution is 2.16. The van der Waals surface area contributed by atoms with Gasteiger partial charge in [-0.05, 0) is 55.7 Å². The quantitative estimate of drug-likeness (QED) is 0.187. The molecule has 3 N–H and O–H groups in total. The van der Waals surface area contributed by atoms with E-state index in [2.05, 4.69) is 26.2 Å². The number of nitrogens with one attached hydrogen (secondary N) is 2. The molecule has 2 rings (SSSR count). The molecule has 0 bridgehead atoms. The van der Waals surface area contributed by atoms with Gasteiger partial charge in [0.25, 0.3) is 5.91 Å². The van der Waals surface area contributed by atoms with Crippen LogP contribution < -0.4 is 10.8 Å². The van der Waals surface area contributed by atoms with Crippen LogP contribution in [0.1, 0.15) is 29.3 Å². The van der Waals surface area contributed by atoms with Crippen molar-refractivity contribution in [2.75, 3.05) is 20.0 Å². The van der Waals surface area contributed by atoms with Crippen molar-refractivity contribution < 1.29 is 24.3 Å². The van der Waals surface area contributed by atoms with Crippen molar-refractivity contribution in [2.24, 2.45) is 5.92 Å². The Morgan fingerprint density at radius 3 is 2.60 bits per heavy atom. The van der Waals surface area contributed by atoms with Crippen molar-refractivity contribution >= 4 is 27.7 Å². The van der Waals surface area contributed by atoms with Crippen molar-refractivity contribution in [2.45, 2.75) is 25.8 Å². The number of aromatic nitrogens is 1. The lowest BCUT2D eigenvalue weighted by Crippen LogP contribution is -2.42. The molecule has 0 aliphatic heterocycles. The Morgan fingerprint density at radius 1 is 1.20 bits per heavy atom. The van der Waals surface area contributed by atoms with Gasteiger partial charge in [0, 0.05) is 35.0 Å². The second-order valence-corrected chi connectivity index (χ2v) is 7.55. The minimum Gasteiger partial charge on any atom is -0.356 e. The van der Waals surface area contributed by atoms with Crippen LogP contribution >= 0.6 is 15.9 Å². The maximum Gasteiger partial charge on any atom is 0.251 e. The van der Waals surface area contributed by atoms with Gasteiger partial charge in [0.15, 0.2) is 0 Å². The van der Waals surface area contributed by atoms with Crippen molar-refractivity contribution in [1.82, 2.24) is 15.8 Å². The normalized spacial score (nSPS) is 12.8. The van der Waals surface area contributed by atoms with E-state index in [1.54, 1.807) is 48.2 Å². The summed E-state index contributed by atoms with van der Waals surface area (Å²) in [5.74, 6) is -1.41. The predicted octanol–water partition coefficient (Wildman–Crippen LogP) is 2.71. The van der Waals surface area contributed by atoms with Crippen LogP contribution in [0.4, 0.5) is 0 Å². The first-order chi connectivity index (χ1) is 14.5. The molecule has 1 heterocycles. The van der Waals surface area contributed by atoms with Crippen LogP contribution in [0, 0.1) is 5.92 Å². The molecule has 2 atom stereocenters. The summed E-state index contributed by atoms with van der Waals surface area (Å²) in [6.07, 6.45) is 3.93. The lowest BCUT2D eigenvalue weighted by atomic mass is 9.92. The van der Waals surface area contributed by atoms with Gasteiger partial charge in [-0.1, -0.05) is 22.0 Å². The van der Waals surface area contributed by atoms with E-state index in [0.29, 0.717) is 18.6 Å². The van der Waals surface area contributed by atoms with Crippen molar-refractivity contribution in [1.29, 1.82) is 0 Å². The summed E-state index contributed by atoms with van der Waals surface area (Å²) in [6.45, 7) is 2.60. The number of pyridine rings is 1.